The Morgan fingerprint density at radius 1 is 1.16 bits per heavy atom. The number of para-hydroxylation sites is 2. The lowest BCUT2D eigenvalue weighted by molar-refractivity contribution is -0.132. The highest BCUT2D eigenvalue weighted by atomic mass is 35.5. The van der Waals surface area contributed by atoms with Crippen LogP contribution in [0.2, 0.25) is 5.02 Å². The minimum atomic E-state index is 0.133. The second-order valence-electron chi connectivity index (χ2n) is 7.86. The minimum absolute atomic E-state index is 0.133. The summed E-state index contributed by atoms with van der Waals surface area (Å²) in [5, 5.41) is 0.653. The van der Waals surface area contributed by atoms with Crippen LogP contribution in [0, 0.1) is 0 Å². The molecule has 2 aromatic carbocycles. The first kappa shape index (κ1) is 20.4. The van der Waals surface area contributed by atoms with Crippen LogP contribution in [0.3, 0.4) is 0 Å². The second-order valence-corrected chi connectivity index (χ2v) is 9.16. The molecule has 2 aromatic heterocycles. The summed E-state index contributed by atoms with van der Waals surface area (Å²) in [4.78, 5) is 24.4. The lowest BCUT2D eigenvalue weighted by atomic mass is 9.97. The highest BCUT2D eigenvalue weighted by Gasteiger charge is 2.27. The molecule has 3 heterocycles. The van der Waals surface area contributed by atoms with Gasteiger partial charge in [0.2, 0.25) is 5.91 Å². The average Bonchev–Trinajstić information content (AvgIpc) is 3.35. The molecule has 1 aliphatic rings. The van der Waals surface area contributed by atoms with Gasteiger partial charge in [0.05, 0.1) is 16.8 Å². The molecule has 1 fully saturated rings. The van der Waals surface area contributed by atoms with Gasteiger partial charge < -0.3 is 13.9 Å². The van der Waals surface area contributed by atoms with E-state index in [9.17, 15) is 4.79 Å². The minimum Gasteiger partial charge on any atom is -0.440 e. The summed E-state index contributed by atoms with van der Waals surface area (Å²) in [6.07, 6.45) is 3.74. The number of rotatable bonds is 5. The summed E-state index contributed by atoms with van der Waals surface area (Å²) >= 11 is 7.77. The highest BCUT2D eigenvalue weighted by molar-refractivity contribution is 7.97. The van der Waals surface area contributed by atoms with Crippen LogP contribution in [0.15, 0.2) is 46.9 Å². The quantitative estimate of drug-likeness (QED) is 0.419. The summed E-state index contributed by atoms with van der Waals surface area (Å²) in [5.41, 5.74) is 3.49. The normalized spacial score (nSPS) is 15.2. The van der Waals surface area contributed by atoms with Gasteiger partial charge in [-0.25, -0.2) is 9.97 Å². The monoisotopic (exact) mass is 454 g/mol. The highest BCUT2D eigenvalue weighted by Crippen LogP contribution is 2.31. The van der Waals surface area contributed by atoms with Crippen molar-refractivity contribution in [2.24, 2.45) is 0 Å². The van der Waals surface area contributed by atoms with E-state index in [0.717, 1.165) is 52.4 Å². The van der Waals surface area contributed by atoms with Crippen molar-refractivity contribution in [3.63, 3.8) is 0 Å². The van der Waals surface area contributed by atoms with Crippen LogP contribution in [0.4, 0.5) is 0 Å². The number of imidazole rings is 1. The second kappa shape index (κ2) is 8.55. The van der Waals surface area contributed by atoms with Crippen LogP contribution in [0.25, 0.3) is 22.1 Å². The Morgan fingerprint density at radius 3 is 2.77 bits per heavy atom. The van der Waals surface area contributed by atoms with Gasteiger partial charge >= 0.3 is 0 Å². The SMILES string of the molecule is CSCc1nc2ccccc2n1CC(=O)N1CCC(c2nc3cc(Cl)ccc3o2)CC1. The standard InChI is InChI=1S/C23H23ClN4O2S/c1-31-14-21-25-17-4-2-3-5-19(17)28(21)13-22(29)27-10-8-15(9-11-27)23-26-18-12-16(24)6-7-20(18)30-23/h2-7,12,15H,8-11,13-14H2,1H3. The number of halogens is 1. The van der Waals surface area contributed by atoms with Crippen molar-refractivity contribution < 1.29 is 9.21 Å². The van der Waals surface area contributed by atoms with Gasteiger partial charge in [0.25, 0.3) is 0 Å². The average molecular weight is 455 g/mol. The molecule has 5 rings (SSSR count). The van der Waals surface area contributed by atoms with Gasteiger partial charge in [0.1, 0.15) is 17.9 Å². The lowest BCUT2D eigenvalue weighted by Gasteiger charge is -2.31. The van der Waals surface area contributed by atoms with Crippen LogP contribution < -0.4 is 0 Å². The van der Waals surface area contributed by atoms with E-state index >= 15 is 0 Å². The van der Waals surface area contributed by atoms with Gasteiger partial charge in [-0.3, -0.25) is 4.79 Å². The topological polar surface area (TPSA) is 64.2 Å². The Balaban J connectivity index is 1.28. The van der Waals surface area contributed by atoms with Crippen molar-refractivity contribution in [2.75, 3.05) is 19.3 Å². The van der Waals surface area contributed by atoms with Crippen molar-refractivity contribution in [3.8, 4) is 0 Å². The molecule has 0 saturated carbocycles. The van der Waals surface area contributed by atoms with Crippen molar-refractivity contribution in [1.29, 1.82) is 0 Å². The van der Waals surface area contributed by atoms with Crippen molar-refractivity contribution in [3.05, 3.63) is 59.2 Å². The molecule has 0 N–H and O–H groups in total. The Kier molecular flexibility index (Phi) is 5.63. The Morgan fingerprint density at radius 2 is 1.97 bits per heavy atom. The Hall–Kier alpha value is -2.51. The number of nitrogens with zero attached hydrogens (tertiary/aromatic N) is 4. The van der Waals surface area contributed by atoms with Gasteiger partial charge in [-0.1, -0.05) is 23.7 Å². The first-order valence-electron chi connectivity index (χ1n) is 10.4. The number of hydrogen-bond acceptors (Lipinski definition) is 5. The number of piperidine rings is 1. The third-order valence-electron chi connectivity index (χ3n) is 5.86. The molecule has 0 bridgehead atoms. The summed E-state index contributed by atoms with van der Waals surface area (Å²) in [5.74, 6) is 2.82. The van der Waals surface area contributed by atoms with Gasteiger partial charge in [-0.2, -0.15) is 11.8 Å². The number of carbonyl (C=O) groups is 1. The third-order valence-corrected chi connectivity index (χ3v) is 6.65. The maximum absolute atomic E-state index is 13.1. The van der Waals surface area contributed by atoms with E-state index < -0.39 is 0 Å². The van der Waals surface area contributed by atoms with Gasteiger partial charge in [-0.05, 0) is 49.4 Å². The van der Waals surface area contributed by atoms with E-state index in [4.69, 9.17) is 21.0 Å². The number of likely N-dealkylation sites (tertiary alicyclic amines) is 1. The molecule has 31 heavy (non-hydrogen) atoms. The molecule has 160 valence electrons. The number of fused-ring (bicyclic) bond motifs is 2. The van der Waals surface area contributed by atoms with Gasteiger partial charge in [0.15, 0.2) is 11.5 Å². The van der Waals surface area contributed by atoms with E-state index in [-0.39, 0.29) is 11.8 Å². The van der Waals surface area contributed by atoms with Crippen molar-refractivity contribution in [1.82, 2.24) is 19.4 Å². The summed E-state index contributed by atoms with van der Waals surface area (Å²) in [7, 11) is 0. The Bertz CT molecular complexity index is 1240. The van der Waals surface area contributed by atoms with Crippen LogP contribution in [0.5, 0.6) is 0 Å². The zero-order valence-electron chi connectivity index (χ0n) is 17.3. The van der Waals surface area contributed by atoms with Crippen molar-refractivity contribution in [2.45, 2.75) is 31.1 Å². The Labute approximate surface area is 189 Å². The van der Waals surface area contributed by atoms with E-state index in [1.54, 1.807) is 11.8 Å². The molecule has 0 radical (unpaired) electrons. The van der Waals surface area contributed by atoms with Crippen LogP contribution in [-0.4, -0.2) is 44.7 Å². The van der Waals surface area contributed by atoms with Crippen LogP contribution in [-0.2, 0) is 17.1 Å². The maximum atomic E-state index is 13.1. The van der Waals surface area contributed by atoms with Crippen molar-refractivity contribution >= 4 is 51.4 Å². The first-order chi connectivity index (χ1) is 15.1. The van der Waals surface area contributed by atoms with E-state index in [1.807, 2.05) is 47.4 Å². The molecule has 0 aliphatic carbocycles. The fraction of sp³-hybridized carbons (Fsp3) is 0.348. The molecule has 0 atom stereocenters. The largest absolute Gasteiger partial charge is 0.440 e. The molecule has 8 heteroatoms. The molecule has 0 unspecified atom stereocenters. The zero-order chi connectivity index (χ0) is 21.4. The number of aromatic nitrogens is 3. The molecule has 0 spiro atoms. The molecule has 6 nitrogen and oxygen atoms in total. The fourth-order valence-electron chi connectivity index (χ4n) is 4.25. The molecular formula is C23H23ClN4O2S. The molecule has 4 aromatic rings. The molecular weight excluding hydrogens is 432 g/mol. The molecule has 1 saturated heterocycles. The number of thioether (sulfide) groups is 1. The predicted octanol–water partition coefficient (Wildman–Crippen LogP) is 5.10. The first-order valence-corrected chi connectivity index (χ1v) is 12.2. The third kappa shape index (κ3) is 4.04. The van der Waals surface area contributed by atoms with Gasteiger partial charge in [0, 0.05) is 24.0 Å². The number of hydrogen-bond donors (Lipinski definition) is 0. The smallest absolute Gasteiger partial charge is 0.242 e. The van der Waals surface area contributed by atoms with Crippen LogP contribution in [0.1, 0.15) is 30.5 Å². The summed E-state index contributed by atoms with van der Waals surface area (Å²) in [6.45, 7) is 1.73. The predicted molar refractivity (Wildman–Crippen MR) is 125 cm³/mol. The molecule has 1 amide bonds. The number of benzene rings is 2. The number of amides is 1. The maximum Gasteiger partial charge on any atom is 0.242 e. The summed E-state index contributed by atoms with van der Waals surface area (Å²) in [6, 6.07) is 13.5. The van der Waals surface area contributed by atoms with E-state index in [0.29, 0.717) is 24.7 Å². The van der Waals surface area contributed by atoms with Gasteiger partial charge in [-0.15, -0.1) is 0 Å². The van der Waals surface area contributed by atoms with E-state index in [1.165, 1.54) is 0 Å². The number of carbonyl (C=O) groups excluding carboxylic acids is 1. The zero-order valence-corrected chi connectivity index (χ0v) is 18.8. The molecule has 1 aliphatic heterocycles. The number of oxazole rings is 1. The summed E-state index contributed by atoms with van der Waals surface area (Å²) < 4.78 is 8.01. The van der Waals surface area contributed by atoms with Crippen LogP contribution >= 0.6 is 23.4 Å². The lowest BCUT2D eigenvalue weighted by Crippen LogP contribution is -2.40. The van der Waals surface area contributed by atoms with E-state index in [2.05, 4.69) is 15.8 Å². The fourth-order valence-corrected chi connectivity index (χ4v) is 4.89.